The van der Waals surface area contributed by atoms with Crippen molar-refractivity contribution in [1.29, 1.82) is 0 Å². The molecule has 2 fully saturated rings. The smallest absolute Gasteiger partial charge is 0.227 e. The number of amides is 1. The Morgan fingerprint density at radius 2 is 1.91 bits per heavy atom. The molecule has 2 aliphatic rings. The van der Waals surface area contributed by atoms with Gasteiger partial charge in [0, 0.05) is 6.54 Å². The summed E-state index contributed by atoms with van der Waals surface area (Å²) >= 11 is 0. The molecule has 0 aromatic heterocycles. The molecule has 2 unspecified atom stereocenters. The number of hydrogen-bond donors (Lipinski definition) is 1. The van der Waals surface area contributed by atoms with Gasteiger partial charge >= 0.3 is 0 Å². The van der Waals surface area contributed by atoms with Crippen LogP contribution in [-0.2, 0) is 14.6 Å². The molecular formula is C18H25NO3S. The van der Waals surface area contributed by atoms with Gasteiger partial charge in [0.25, 0.3) is 0 Å². The van der Waals surface area contributed by atoms with E-state index in [4.69, 9.17) is 0 Å². The second-order valence-electron chi connectivity index (χ2n) is 6.93. The Balaban J connectivity index is 1.45. The van der Waals surface area contributed by atoms with Crippen LogP contribution < -0.4 is 5.32 Å². The Labute approximate surface area is 138 Å². The molecule has 4 nitrogen and oxygen atoms in total. The normalized spacial score (nSPS) is 24.3. The van der Waals surface area contributed by atoms with Crippen molar-refractivity contribution in [3.05, 3.63) is 35.9 Å². The zero-order valence-corrected chi connectivity index (χ0v) is 14.2. The van der Waals surface area contributed by atoms with E-state index in [1.807, 2.05) is 30.3 Å². The second kappa shape index (κ2) is 7.04. The lowest BCUT2D eigenvalue weighted by Crippen LogP contribution is -2.31. The summed E-state index contributed by atoms with van der Waals surface area (Å²) in [6, 6.07) is 10.0. The topological polar surface area (TPSA) is 63.2 Å². The number of rotatable bonds is 7. The number of nitrogens with one attached hydrogen (secondary N) is 1. The first-order chi connectivity index (χ1) is 11.1. The Morgan fingerprint density at radius 1 is 1.17 bits per heavy atom. The van der Waals surface area contributed by atoms with Crippen LogP contribution in [0, 0.1) is 11.8 Å². The predicted octanol–water partition coefficient (Wildman–Crippen LogP) is 2.51. The lowest BCUT2D eigenvalue weighted by atomic mass is 9.93. The highest BCUT2D eigenvalue weighted by Gasteiger charge is 2.37. The molecule has 126 valence electrons. The Hall–Kier alpha value is -1.36. The maximum Gasteiger partial charge on any atom is 0.227 e. The van der Waals surface area contributed by atoms with Gasteiger partial charge in [-0.3, -0.25) is 4.79 Å². The minimum atomic E-state index is -2.79. The quantitative estimate of drug-likeness (QED) is 0.779. The van der Waals surface area contributed by atoms with E-state index in [9.17, 15) is 13.2 Å². The summed E-state index contributed by atoms with van der Waals surface area (Å²) in [6.07, 6.45) is 4.79. The molecular weight excluding hydrogens is 310 g/mol. The van der Waals surface area contributed by atoms with Gasteiger partial charge in [0.2, 0.25) is 5.91 Å². The van der Waals surface area contributed by atoms with Crippen molar-refractivity contribution >= 4 is 15.7 Å². The first kappa shape index (κ1) is 16.5. The molecule has 1 saturated carbocycles. The minimum absolute atomic E-state index is 0.0249. The average Bonchev–Trinajstić information content (AvgIpc) is 3.29. The molecule has 1 heterocycles. The lowest BCUT2D eigenvalue weighted by molar-refractivity contribution is -0.123. The Kier molecular flexibility index (Phi) is 5.05. The van der Waals surface area contributed by atoms with E-state index in [1.165, 1.54) is 0 Å². The average molecular weight is 335 g/mol. The summed E-state index contributed by atoms with van der Waals surface area (Å²) in [4.78, 5) is 12.5. The van der Waals surface area contributed by atoms with Crippen molar-refractivity contribution in [3.63, 3.8) is 0 Å². The van der Waals surface area contributed by atoms with E-state index < -0.39 is 9.84 Å². The standard InChI is InChI=1S/C18H25NO3S/c20-18(17(16-8-9-16)15-6-2-1-3-7-15)19-11-4-5-14-10-12-23(21,22)13-14/h1-3,6-7,14,16-17H,4-5,8-13H2,(H,19,20). The van der Waals surface area contributed by atoms with Crippen molar-refractivity contribution < 1.29 is 13.2 Å². The molecule has 23 heavy (non-hydrogen) atoms. The zero-order valence-electron chi connectivity index (χ0n) is 13.4. The van der Waals surface area contributed by atoms with Gasteiger partial charge in [0.05, 0.1) is 17.4 Å². The van der Waals surface area contributed by atoms with Crippen LogP contribution in [0.3, 0.4) is 0 Å². The van der Waals surface area contributed by atoms with Crippen LogP contribution in [0.5, 0.6) is 0 Å². The summed E-state index contributed by atoms with van der Waals surface area (Å²) in [5, 5.41) is 3.06. The molecule has 1 aliphatic heterocycles. The Bertz CT molecular complexity index is 637. The van der Waals surface area contributed by atoms with Gasteiger partial charge in [-0.25, -0.2) is 8.42 Å². The largest absolute Gasteiger partial charge is 0.356 e. The predicted molar refractivity (Wildman–Crippen MR) is 90.9 cm³/mol. The first-order valence-corrected chi connectivity index (χ1v) is 10.4. The molecule has 0 radical (unpaired) electrons. The second-order valence-corrected chi connectivity index (χ2v) is 9.16. The fourth-order valence-corrected chi connectivity index (χ4v) is 5.45. The van der Waals surface area contributed by atoms with Gasteiger partial charge in [-0.1, -0.05) is 30.3 Å². The number of sulfone groups is 1. The summed E-state index contributed by atoms with van der Waals surface area (Å²) < 4.78 is 22.9. The van der Waals surface area contributed by atoms with Gasteiger partial charge in [0.1, 0.15) is 0 Å². The van der Waals surface area contributed by atoms with Crippen LogP contribution in [0.1, 0.15) is 43.6 Å². The molecule has 1 saturated heterocycles. The van der Waals surface area contributed by atoms with Gasteiger partial charge in [-0.15, -0.1) is 0 Å². The number of carbonyl (C=O) groups excluding carboxylic acids is 1. The van der Waals surface area contributed by atoms with E-state index in [-0.39, 0.29) is 17.7 Å². The van der Waals surface area contributed by atoms with Gasteiger partial charge in [-0.05, 0) is 49.5 Å². The molecule has 1 aromatic rings. The van der Waals surface area contributed by atoms with E-state index in [2.05, 4.69) is 5.32 Å². The third kappa shape index (κ3) is 4.56. The minimum Gasteiger partial charge on any atom is -0.356 e. The van der Waals surface area contributed by atoms with E-state index in [1.54, 1.807) is 0 Å². The molecule has 2 atom stereocenters. The van der Waals surface area contributed by atoms with Crippen LogP contribution in [0.15, 0.2) is 30.3 Å². The van der Waals surface area contributed by atoms with Crippen molar-refractivity contribution in [2.24, 2.45) is 11.8 Å². The van der Waals surface area contributed by atoms with Gasteiger partial charge < -0.3 is 5.32 Å². The lowest BCUT2D eigenvalue weighted by Gasteiger charge is -2.17. The van der Waals surface area contributed by atoms with Crippen LogP contribution >= 0.6 is 0 Å². The molecule has 1 amide bonds. The van der Waals surface area contributed by atoms with Gasteiger partial charge in [0.15, 0.2) is 9.84 Å². The monoisotopic (exact) mass is 335 g/mol. The third-order valence-corrected chi connectivity index (χ3v) is 6.79. The maximum atomic E-state index is 12.5. The van der Waals surface area contributed by atoms with Crippen LogP contribution in [-0.4, -0.2) is 32.4 Å². The molecule has 5 heteroatoms. The molecule has 1 aliphatic carbocycles. The fourth-order valence-electron chi connectivity index (χ4n) is 3.54. The van der Waals surface area contributed by atoms with Gasteiger partial charge in [-0.2, -0.15) is 0 Å². The van der Waals surface area contributed by atoms with E-state index in [0.717, 1.165) is 37.7 Å². The molecule has 0 bridgehead atoms. The molecule has 1 aromatic carbocycles. The van der Waals surface area contributed by atoms with Crippen molar-refractivity contribution in [2.45, 2.75) is 38.0 Å². The first-order valence-electron chi connectivity index (χ1n) is 8.58. The zero-order chi connectivity index (χ0) is 16.3. The molecule has 3 rings (SSSR count). The number of benzene rings is 1. The summed E-state index contributed by atoms with van der Waals surface area (Å²) in [7, 11) is -2.79. The van der Waals surface area contributed by atoms with Crippen LogP contribution in [0.4, 0.5) is 0 Å². The SMILES string of the molecule is O=C(NCCCC1CCS(=O)(=O)C1)C(c1ccccc1)C1CC1. The third-order valence-electron chi connectivity index (χ3n) is 4.95. The van der Waals surface area contributed by atoms with Crippen molar-refractivity contribution in [3.8, 4) is 0 Å². The summed E-state index contributed by atoms with van der Waals surface area (Å²) in [5.41, 5.74) is 1.11. The van der Waals surface area contributed by atoms with Crippen LogP contribution in [0.25, 0.3) is 0 Å². The Morgan fingerprint density at radius 3 is 2.52 bits per heavy atom. The summed E-state index contributed by atoms with van der Waals surface area (Å²) in [6.45, 7) is 0.644. The van der Waals surface area contributed by atoms with E-state index in [0.29, 0.717) is 24.0 Å². The summed E-state index contributed by atoms with van der Waals surface area (Å²) in [5.74, 6) is 1.53. The van der Waals surface area contributed by atoms with Crippen molar-refractivity contribution in [1.82, 2.24) is 5.32 Å². The highest BCUT2D eigenvalue weighted by molar-refractivity contribution is 7.91. The number of carbonyl (C=O) groups is 1. The highest BCUT2D eigenvalue weighted by atomic mass is 32.2. The molecule has 1 N–H and O–H groups in total. The van der Waals surface area contributed by atoms with Crippen LogP contribution in [0.2, 0.25) is 0 Å². The van der Waals surface area contributed by atoms with E-state index >= 15 is 0 Å². The fraction of sp³-hybridized carbons (Fsp3) is 0.611. The molecule has 0 spiro atoms. The maximum absolute atomic E-state index is 12.5. The number of hydrogen-bond acceptors (Lipinski definition) is 3. The highest BCUT2D eigenvalue weighted by Crippen LogP contribution is 2.42. The van der Waals surface area contributed by atoms with Crippen molar-refractivity contribution in [2.75, 3.05) is 18.1 Å².